The second kappa shape index (κ2) is 9.41. The topological polar surface area (TPSA) is 70.2 Å². The van der Waals surface area contributed by atoms with E-state index in [-0.39, 0.29) is 27.9 Å². The molecule has 0 aliphatic carbocycles. The Morgan fingerprint density at radius 2 is 1.58 bits per heavy atom. The molecule has 2 aromatic carbocycles. The minimum atomic E-state index is -0.380. The minimum absolute atomic E-state index is 0.00909. The Hall–Kier alpha value is -2.48. The molecule has 33 heavy (non-hydrogen) atoms. The summed E-state index contributed by atoms with van der Waals surface area (Å²) in [6.45, 7) is 12.1. The first-order valence-corrected chi connectivity index (χ1v) is 12.1. The summed E-state index contributed by atoms with van der Waals surface area (Å²) in [6, 6.07) is 13.0. The number of carbonyl (C=O) groups is 2. The van der Waals surface area contributed by atoms with E-state index in [1.807, 2.05) is 51.1 Å². The summed E-state index contributed by atoms with van der Waals surface area (Å²) < 4.78 is 0.785. The summed E-state index contributed by atoms with van der Waals surface area (Å²) in [5, 5.41) is 10.0. The van der Waals surface area contributed by atoms with Gasteiger partial charge in [0.05, 0.1) is 15.4 Å². The van der Waals surface area contributed by atoms with E-state index in [9.17, 15) is 9.59 Å². The van der Waals surface area contributed by atoms with Crippen LogP contribution in [0.5, 0.6) is 0 Å². The van der Waals surface area contributed by atoms with Crippen molar-refractivity contribution < 1.29 is 9.59 Å². The predicted molar refractivity (Wildman–Crippen MR) is 143 cm³/mol. The largest absolute Gasteiger partial charge is 0.347 e. The molecule has 2 amide bonds. The molecule has 3 rings (SSSR count). The first-order chi connectivity index (χ1) is 15.3. The van der Waals surface area contributed by atoms with Crippen molar-refractivity contribution >= 4 is 67.9 Å². The van der Waals surface area contributed by atoms with E-state index < -0.39 is 0 Å². The van der Waals surface area contributed by atoms with Gasteiger partial charge in [0.1, 0.15) is 4.88 Å². The fourth-order valence-corrected chi connectivity index (χ4v) is 4.86. The van der Waals surface area contributed by atoms with Crippen LogP contribution < -0.4 is 16.0 Å². The number of carbonyl (C=O) groups excluding carboxylic acids is 2. The van der Waals surface area contributed by atoms with Gasteiger partial charge in [0.2, 0.25) is 0 Å². The number of thiocarbonyl (C=S) groups is 1. The molecule has 0 spiro atoms. The lowest BCUT2D eigenvalue weighted by atomic mass is 9.87. The molecule has 3 aromatic rings. The monoisotopic (exact) mass is 501 g/mol. The number of benzene rings is 2. The zero-order valence-electron chi connectivity index (χ0n) is 19.6. The Morgan fingerprint density at radius 3 is 2.15 bits per heavy atom. The maximum absolute atomic E-state index is 12.7. The lowest BCUT2D eigenvalue weighted by molar-refractivity contribution is 0.0922. The molecule has 8 heteroatoms. The van der Waals surface area contributed by atoms with Crippen LogP contribution in [0.2, 0.25) is 5.02 Å². The van der Waals surface area contributed by atoms with Gasteiger partial charge in [-0.05, 0) is 62.2 Å². The second-order valence-electron chi connectivity index (χ2n) is 9.87. The van der Waals surface area contributed by atoms with Gasteiger partial charge < -0.3 is 10.6 Å². The molecular formula is C25H28ClN3O2S2. The van der Waals surface area contributed by atoms with Crippen LogP contribution in [0.3, 0.4) is 0 Å². The van der Waals surface area contributed by atoms with E-state index >= 15 is 0 Å². The van der Waals surface area contributed by atoms with Gasteiger partial charge in [-0.2, -0.15) is 0 Å². The van der Waals surface area contributed by atoms with Gasteiger partial charge in [-0.25, -0.2) is 0 Å². The molecule has 1 aromatic heterocycles. The van der Waals surface area contributed by atoms with Gasteiger partial charge in [0.25, 0.3) is 11.8 Å². The Labute approximate surface area is 208 Å². The SMILES string of the molecule is CC(C)(C)NC(=O)c1sc2c(NC(=S)NC(=O)c3ccc(C(C)(C)C)cc3)cccc2c1Cl. The molecular weight excluding hydrogens is 474 g/mol. The van der Waals surface area contributed by atoms with E-state index in [1.54, 1.807) is 12.1 Å². The van der Waals surface area contributed by atoms with E-state index in [1.165, 1.54) is 11.3 Å². The number of thiophene rings is 1. The fraction of sp³-hybridized carbons (Fsp3) is 0.320. The van der Waals surface area contributed by atoms with Crippen LogP contribution in [-0.4, -0.2) is 22.5 Å². The number of nitrogens with one attached hydrogen (secondary N) is 3. The van der Waals surface area contributed by atoms with Crippen molar-refractivity contribution in [3.8, 4) is 0 Å². The van der Waals surface area contributed by atoms with Crippen molar-refractivity contribution in [3.05, 3.63) is 63.5 Å². The summed E-state index contributed by atoms with van der Waals surface area (Å²) in [7, 11) is 0. The molecule has 1 heterocycles. The standard InChI is InChI=1S/C25H28ClN3O2S2/c1-24(2,3)15-12-10-14(11-13-15)21(30)28-23(32)27-17-9-7-8-16-18(26)20(33-19(16)17)22(31)29-25(4,5)6/h7-13H,1-6H3,(H,29,31)(H2,27,28,30,32). The van der Waals surface area contributed by atoms with Gasteiger partial charge in [0, 0.05) is 16.5 Å². The Balaban J connectivity index is 1.77. The Morgan fingerprint density at radius 1 is 0.939 bits per heavy atom. The molecule has 0 saturated carbocycles. The van der Waals surface area contributed by atoms with Crippen molar-refractivity contribution in [3.63, 3.8) is 0 Å². The van der Waals surface area contributed by atoms with Crippen LogP contribution >= 0.6 is 35.2 Å². The summed E-state index contributed by atoms with van der Waals surface area (Å²) >= 11 is 13.2. The van der Waals surface area contributed by atoms with E-state index in [4.69, 9.17) is 23.8 Å². The third kappa shape index (κ3) is 6.10. The van der Waals surface area contributed by atoms with Crippen LogP contribution in [0.1, 0.15) is 67.1 Å². The van der Waals surface area contributed by atoms with Crippen LogP contribution in [-0.2, 0) is 5.41 Å². The van der Waals surface area contributed by atoms with Crippen molar-refractivity contribution in [2.75, 3.05) is 5.32 Å². The molecule has 0 saturated heterocycles. The normalized spacial score (nSPS) is 11.8. The number of hydrogen-bond acceptors (Lipinski definition) is 4. The molecule has 0 fully saturated rings. The molecule has 0 bridgehead atoms. The highest BCUT2D eigenvalue weighted by molar-refractivity contribution is 7.80. The number of hydrogen-bond donors (Lipinski definition) is 3. The van der Waals surface area contributed by atoms with Crippen molar-refractivity contribution in [2.24, 2.45) is 0 Å². The lowest BCUT2D eigenvalue weighted by Crippen LogP contribution is -2.40. The van der Waals surface area contributed by atoms with Gasteiger partial charge in [0.15, 0.2) is 5.11 Å². The summed E-state index contributed by atoms with van der Waals surface area (Å²) in [6.07, 6.45) is 0. The maximum Gasteiger partial charge on any atom is 0.263 e. The highest BCUT2D eigenvalue weighted by atomic mass is 35.5. The third-order valence-electron chi connectivity index (χ3n) is 4.84. The highest BCUT2D eigenvalue weighted by Crippen LogP contribution is 2.39. The van der Waals surface area contributed by atoms with Crippen molar-refractivity contribution in [2.45, 2.75) is 52.5 Å². The van der Waals surface area contributed by atoms with Crippen LogP contribution in [0.4, 0.5) is 5.69 Å². The third-order valence-corrected chi connectivity index (χ3v) is 6.78. The Kier molecular flexibility index (Phi) is 7.17. The van der Waals surface area contributed by atoms with E-state index in [0.29, 0.717) is 21.2 Å². The quantitative estimate of drug-likeness (QED) is 0.358. The molecule has 5 nitrogen and oxygen atoms in total. The van der Waals surface area contributed by atoms with E-state index in [2.05, 4.69) is 36.7 Å². The maximum atomic E-state index is 12.7. The molecule has 0 unspecified atom stereocenters. The van der Waals surface area contributed by atoms with Gasteiger partial charge in [-0.1, -0.05) is 56.6 Å². The summed E-state index contributed by atoms with van der Waals surface area (Å²) in [5.74, 6) is -0.524. The van der Waals surface area contributed by atoms with Crippen LogP contribution in [0.25, 0.3) is 10.1 Å². The average molecular weight is 502 g/mol. The van der Waals surface area contributed by atoms with Gasteiger partial charge in [-0.15, -0.1) is 11.3 Å². The first kappa shape index (κ1) is 25.1. The number of rotatable bonds is 3. The van der Waals surface area contributed by atoms with Crippen molar-refractivity contribution in [1.29, 1.82) is 0 Å². The number of amides is 2. The van der Waals surface area contributed by atoms with Crippen LogP contribution in [0.15, 0.2) is 42.5 Å². The zero-order chi connectivity index (χ0) is 24.6. The molecule has 0 aliphatic rings. The first-order valence-electron chi connectivity index (χ1n) is 10.5. The Bertz CT molecular complexity index is 1220. The lowest BCUT2D eigenvalue weighted by Gasteiger charge is -2.19. The number of halogens is 1. The molecule has 0 atom stereocenters. The highest BCUT2D eigenvalue weighted by Gasteiger charge is 2.23. The van der Waals surface area contributed by atoms with Crippen LogP contribution in [0, 0.1) is 0 Å². The van der Waals surface area contributed by atoms with Gasteiger partial charge >= 0.3 is 0 Å². The number of anilines is 1. The molecule has 0 radical (unpaired) electrons. The second-order valence-corrected chi connectivity index (χ2v) is 11.7. The molecule has 3 N–H and O–H groups in total. The predicted octanol–water partition coefficient (Wildman–Crippen LogP) is 6.51. The van der Waals surface area contributed by atoms with Gasteiger partial charge in [-0.3, -0.25) is 14.9 Å². The fourth-order valence-electron chi connectivity index (χ4n) is 3.18. The zero-order valence-corrected chi connectivity index (χ0v) is 21.9. The minimum Gasteiger partial charge on any atom is -0.347 e. The van der Waals surface area contributed by atoms with Crippen molar-refractivity contribution in [1.82, 2.24) is 10.6 Å². The summed E-state index contributed by atoms with van der Waals surface area (Å²) in [5.41, 5.74) is 1.96. The molecule has 174 valence electrons. The summed E-state index contributed by atoms with van der Waals surface area (Å²) in [4.78, 5) is 25.8. The smallest absolute Gasteiger partial charge is 0.263 e. The van der Waals surface area contributed by atoms with E-state index in [0.717, 1.165) is 15.6 Å². The average Bonchev–Trinajstić information content (AvgIpc) is 3.04. The molecule has 0 aliphatic heterocycles. The number of fused-ring (bicyclic) bond motifs is 1.